The van der Waals surface area contributed by atoms with E-state index in [9.17, 15) is 9.59 Å². The van der Waals surface area contributed by atoms with Gasteiger partial charge in [-0.05, 0) is 12.2 Å². The average molecular weight is 218 g/mol. The molecule has 1 aliphatic heterocycles. The standard InChI is InChI=1S/C8H5Cl2NO2/c9-4-1-2-5-6(12)11-7(13)8(5,10)3-4/h1-3,5H,(H,11,12,13). The van der Waals surface area contributed by atoms with Gasteiger partial charge in [0.25, 0.3) is 5.91 Å². The number of hydrogen-bond acceptors (Lipinski definition) is 2. The number of imide groups is 1. The summed E-state index contributed by atoms with van der Waals surface area (Å²) in [5.41, 5.74) is 0. The van der Waals surface area contributed by atoms with Crippen molar-refractivity contribution in [3.05, 3.63) is 23.3 Å². The highest BCUT2D eigenvalue weighted by Crippen LogP contribution is 2.38. The van der Waals surface area contributed by atoms with E-state index in [1.165, 1.54) is 12.2 Å². The minimum absolute atomic E-state index is 0.371. The van der Waals surface area contributed by atoms with E-state index in [1.54, 1.807) is 6.08 Å². The second-order valence-corrected chi connectivity index (χ2v) is 4.01. The second kappa shape index (κ2) is 2.59. The van der Waals surface area contributed by atoms with Crippen LogP contribution in [0.5, 0.6) is 0 Å². The number of halogens is 2. The summed E-state index contributed by atoms with van der Waals surface area (Å²) < 4.78 is 0. The summed E-state index contributed by atoms with van der Waals surface area (Å²) in [5, 5.41) is 2.53. The first kappa shape index (κ1) is 8.78. The summed E-state index contributed by atoms with van der Waals surface area (Å²) >= 11 is 11.7. The minimum Gasteiger partial charge on any atom is -0.294 e. The monoisotopic (exact) mass is 217 g/mol. The predicted octanol–water partition coefficient (Wildman–Crippen LogP) is 0.929. The molecule has 1 N–H and O–H groups in total. The van der Waals surface area contributed by atoms with E-state index in [0.717, 1.165) is 0 Å². The molecule has 13 heavy (non-hydrogen) atoms. The van der Waals surface area contributed by atoms with E-state index >= 15 is 0 Å². The third-order valence-electron chi connectivity index (χ3n) is 2.12. The fraction of sp³-hybridized carbons (Fsp3) is 0.250. The first-order valence-electron chi connectivity index (χ1n) is 3.65. The van der Waals surface area contributed by atoms with Crippen LogP contribution in [0.3, 0.4) is 0 Å². The summed E-state index contributed by atoms with van der Waals surface area (Å²) in [6.45, 7) is 0. The fourth-order valence-electron chi connectivity index (χ4n) is 1.44. The predicted molar refractivity (Wildman–Crippen MR) is 48.3 cm³/mol. The Morgan fingerprint density at radius 1 is 1.46 bits per heavy atom. The molecular formula is C8H5Cl2NO2. The number of nitrogens with one attached hydrogen (secondary N) is 1. The molecule has 1 saturated heterocycles. The normalized spacial score (nSPS) is 37.1. The van der Waals surface area contributed by atoms with Gasteiger partial charge in [-0.15, -0.1) is 11.6 Å². The van der Waals surface area contributed by atoms with Crippen molar-refractivity contribution in [2.24, 2.45) is 5.92 Å². The molecule has 0 saturated carbocycles. The molecule has 0 aromatic heterocycles. The Hall–Kier alpha value is -0.800. The van der Waals surface area contributed by atoms with Crippen LogP contribution in [0.2, 0.25) is 0 Å². The number of allylic oxidation sites excluding steroid dienone is 2. The maximum absolute atomic E-state index is 11.3. The van der Waals surface area contributed by atoms with Crippen LogP contribution in [0, 0.1) is 5.92 Å². The van der Waals surface area contributed by atoms with Crippen molar-refractivity contribution in [3.63, 3.8) is 0 Å². The van der Waals surface area contributed by atoms with Crippen LogP contribution in [-0.4, -0.2) is 16.7 Å². The first-order valence-corrected chi connectivity index (χ1v) is 4.40. The molecule has 1 fully saturated rings. The summed E-state index contributed by atoms with van der Waals surface area (Å²) in [7, 11) is 0. The molecule has 68 valence electrons. The van der Waals surface area contributed by atoms with Gasteiger partial charge in [0.1, 0.15) is 0 Å². The zero-order valence-electron chi connectivity index (χ0n) is 6.38. The third-order valence-corrected chi connectivity index (χ3v) is 2.87. The number of rotatable bonds is 0. The van der Waals surface area contributed by atoms with Crippen LogP contribution in [0.1, 0.15) is 0 Å². The topological polar surface area (TPSA) is 46.2 Å². The van der Waals surface area contributed by atoms with Crippen molar-refractivity contribution in [2.45, 2.75) is 4.87 Å². The van der Waals surface area contributed by atoms with Gasteiger partial charge in [-0.3, -0.25) is 14.9 Å². The van der Waals surface area contributed by atoms with Gasteiger partial charge in [0.05, 0.1) is 5.92 Å². The lowest BCUT2D eigenvalue weighted by Crippen LogP contribution is -2.35. The van der Waals surface area contributed by atoms with Crippen molar-refractivity contribution in [3.8, 4) is 0 Å². The molecule has 2 rings (SSSR count). The molecule has 0 spiro atoms. The van der Waals surface area contributed by atoms with Crippen LogP contribution in [0.4, 0.5) is 0 Å². The Balaban J connectivity index is 2.51. The summed E-state index contributed by atoms with van der Waals surface area (Å²) in [5.74, 6) is -1.52. The number of carbonyl (C=O) groups excluding carboxylic acids is 2. The molecule has 0 radical (unpaired) electrons. The Kier molecular flexibility index (Phi) is 1.75. The Bertz CT molecular complexity index is 361. The lowest BCUT2D eigenvalue weighted by molar-refractivity contribution is -0.125. The van der Waals surface area contributed by atoms with Crippen molar-refractivity contribution >= 4 is 35.0 Å². The van der Waals surface area contributed by atoms with Crippen LogP contribution in [-0.2, 0) is 9.59 Å². The van der Waals surface area contributed by atoms with E-state index in [2.05, 4.69) is 5.32 Å². The van der Waals surface area contributed by atoms with Crippen LogP contribution < -0.4 is 5.32 Å². The fourth-order valence-corrected chi connectivity index (χ4v) is 2.07. The van der Waals surface area contributed by atoms with E-state index < -0.39 is 16.7 Å². The minimum atomic E-state index is -1.32. The summed E-state index contributed by atoms with van der Waals surface area (Å²) in [4.78, 5) is 21.2. The lowest BCUT2D eigenvalue weighted by atomic mass is 9.90. The molecule has 1 heterocycles. The maximum atomic E-state index is 11.3. The highest BCUT2D eigenvalue weighted by molar-refractivity contribution is 6.43. The van der Waals surface area contributed by atoms with Gasteiger partial charge in [0, 0.05) is 5.03 Å². The van der Waals surface area contributed by atoms with E-state index in [4.69, 9.17) is 23.2 Å². The molecule has 0 aromatic rings. The zero-order valence-corrected chi connectivity index (χ0v) is 7.89. The number of carbonyl (C=O) groups is 2. The Labute approximate surface area is 84.4 Å². The maximum Gasteiger partial charge on any atom is 0.252 e. The number of hydrogen-bond donors (Lipinski definition) is 1. The van der Waals surface area contributed by atoms with Gasteiger partial charge in [0.15, 0.2) is 4.87 Å². The van der Waals surface area contributed by atoms with Crippen molar-refractivity contribution in [1.29, 1.82) is 0 Å². The smallest absolute Gasteiger partial charge is 0.252 e. The first-order chi connectivity index (χ1) is 6.04. The van der Waals surface area contributed by atoms with Crippen molar-refractivity contribution < 1.29 is 9.59 Å². The van der Waals surface area contributed by atoms with Crippen molar-refractivity contribution in [2.75, 3.05) is 0 Å². The molecule has 0 aromatic carbocycles. The molecule has 2 atom stereocenters. The summed E-state index contributed by atoms with van der Waals surface area (Å²) in [6, 6.07) is 0. The van der Waals surface area contributed by atoms with E-state index in [0.29, 0.717) is 5.03 Å². The molecule has 0 bridgehead atoms. The average Bonchev–Trinajstić information content (AvgIpc) is 2.23. The van der Waals surface area contributed by atoms with Crippen LogP contribution in [0.15, 0.2) is 23.3 Å². The molecule has 5 heteroatoms. The van der Waals surface area contributed by atoms with Crippen LogP contribution in [0.25, 0.3) is 0 Å². The zero-order chi connectivity index (χ0) is 9.64. The van der Waals surface area contributed by atoms with Gasteiger partial charge in [0.2, 0.25) is 5.91 Å². The van der Waals surface area contributed by atoms with Gasteiger partial charge in [-0.2, -0.15) is 0 Å². The van der Waals surface area contributed by atoms with Gasteiger partial charge < -0.3 is 0 Å². The molecule has 2 amide bonds. The largest absolute Gasteiger partial charge is 0.294 e. The molecule has 1 aliphatic carbocycles. The summed E-state index contributed by atoms with van der Waals surface area (Å²) in [6.07, 6.45) is 4.49. The molecular weight excluding hydrogens is 213 g/mol. The second-order valence-electron chi connectivity index (χ2n) is 2.95. The number of fused-ring (bicyclic) bond motifs is 1. The number of alkyl halides is 1. The lowest BCUT2D eigenvalue weighted by Gasteiger charge is -2.21. The van der Waals surface area contributed by atoms with E-state index in [1.807, 2.05) is 0 Å². The van der Waals surface area contributed by atoms with E-state index in [-0.39, 0.29) is 5.91 Å². The Morgan fingerprint density at radius 2 is 2.15 bits per heavy atom. The van der Waals surface area contributed by atoms with Crippen LogP contribution >= 0.6 is 23.2 Å². The number of amides is 2. The molecule has 3 nitrogen and oxygen atoms in total. The van der Waals surface area contributed by atoms with Crippen molar-refractivity contribution in [1.82, 2.24) is 5.32 Å². The van der Waals surface area contributed by atoms with Gasteiger partial charge in [-0.1, -0.05) is 17.7 Å². The highest BCUT2D eigenvalue weighted by Gasteiger charge is 2.52. The molecule has 2 unspecified atom stereocenters. The van der Waals surface area contributed by atoms with Gasteiger partial charge in [-0.25, -0.2) is 0 Å². The quantitative estimate of drug-likeness (QED) is 0.485. The van der Waals surface area contributed by atoms with Gasteiger partial charge >= 0.3 is 0 Å². The SMILES string of the molecule is O=C1NC(=O)C2(Cl)C=C(Cl)C=CC12. The highest BCUT2D eigenvalue weighted by atomic mass is 35.5. The molecule has 2 aliphatic rings. The Morgan fingerprint density at radius 3 is 2.85 bits per heavy atom. The third kappa shape index (κ3) is 1.11.